The van der Waals surface area contributed by atoms with E-state index in [1.54, 1.807) is 18.3 Å². The van der Waals surface area contributed by atoms with E-state index in [0.717, 1.165) is 22.0 Å². The van der Waals surface area contributed by atoms with Crippen LogP contribution >= 0.6 is 11.3 Å². The number of amides is 1. The lowest BCUT2D eigenvalue weighted by Gasteiger charge is -2.16. The first-order valence-corrected chi connectivity index (χ1v) is 7.63. The van der Waals surface area contributed by atoms with Crippen LogP contribution in [-0.4, -0.2) is 45.2 Å². The Bertz CT molecular complexity index is 644. The van der Waals surface area contributed by atoms with Crippen molar-refractivity contribution in [3.8, 4) is 5.88 Å². The molecule has 0 bridgehead atoms. The van der Waals surface area contributed by atoms with Crippen LogP contribution in [0.1, 0.15) is 26.8 Å². The van der Waals surface area contributed by atoms with E-state index in [2.05, 4.69) is 15.2 Å². The number of rotatable bonds is 3. The van der Waals surface area contributed by atoms with Crippen molar-refractivity contribution in [3.05, 3.63) is 33.9 Å². The number of aromatic nitrogens is 3. The minimum Gasteiger partial charge on any atom is -0.471 e. The van der Waals surface area contributed by atoms with Gasteiger partial charge in [0.1, 0.15) is 11.0 Å². The lowest BCUT2D eigenvalue weighted by Crippen LogP contribution is -2.30. The fourth-order valence-electron chi connectivity index (χ4n) is 2.40. The van der Waals surface area contributed by atoms with Crippen molar-refractivity contribution in [1.29, 1.82) is 0 Å². The number of thiazole rings is 1. The first kappa shape index (κ1) is 13.9. The van der Waals surface area contributed by atoms with E-state index in [1.165, 1.54) is 11.3 Å². The summed E-state index contributed by atoms with van der Waals surface area (Å²) < 4.78 is 5.75. The van der Waals surface area contributed by atoms with Gasteiger partial charge in [0.2, 0.25) is 5.88 Å². The van der Waals surface area contributed by atoms with Crippen LogP contribution in [-0.2, 0) is 0 Å². The highest BCUT2D eigenvalue weighted by Gasteiger charge is 2.30. The Morgan fingerprint density at radius 2 is 2.33 bits per heavy atom. The number of hydrogen-bond acceptors (Lipinski definition) is 6. The molecule has 110 valence electrons. The molecule has 6 nitrogen and oxygen atoms in total. The predicted octanol–water partition coefficient (Wildman–Crippen LogP) is 1.84. The second-order valence-corrected chi connectivity index (χ2v) is 6.19. The summed E-state index contributed by atoms with van der Waals surface area (Å²) in [6.45, 7) is 5.06. The van der Waals surface area contributed by atoms with Crippen LogP contribution in [0.15, 0.2) is 18.3 Å². The summed E-state index contributed by atoms with van der Waals surface area (Å²) in [7, 11) is 0. The Morgan fingerprint density at radius 3 is 3.00 bits per heavy atom. The summed E-state index contributed by atoms with van der Waals surface area (Å²) in [5.74, 6) is 0.546. The molecule has 1 aliphatic rings. The second-order valence-electron chi connectivity index (χ2n) is 4.99. The summed E-state index contributed by atoms with van der Waals surface area (Å²) in [6, 6.07) is 3.55. The molecule has 0 spiro atoms. The number of likely N-dealkylation sites (tertiary alicyclic amines) is 1. The van der Waals surface area contributed by atoms with Crippen LogP contribution in [0.4, 0.5) is 0 Å². The minimum atomic E-state index is -0.0278. The summed E-state index contributed by atoms with van der Waals surface area (Å²) in [4.78, 5) is 19.4. The Kier molecular flexibility index (Phi) is 3.83. The van der Waals surface area contributed by atoms with E-state index in [0.29, 0.717) is 19.0 Å². The Labute approximate surface area is 126 Å². The van der Waals surface area contributed by atoms with Gasteiger partial charge in [-0.1, -0.05) is 0 Å². The fourth-order valence-corrected chi connectivity index (χ4v) is 3.29. The summed E-state index contributed by atoms with van der Waals surface area (Å²) in [5, 5.41) is 8.60. The largest absolute Gasteiger partial charge is 0.471 e. The van der Waals surface area contributed by atoms with Crippen molar-refractivity contribution < 1.29 is 9.53 Å². The number of carbonyl (C=O) groups excluding carboxylic acids is 1. The minimum absolute atomic E-state index is 0.0278. The molecule has 21 heavy (non-hydrogen) atoms. The average molecular weight is 304 g/mol. The molecule has 1 aliphatic heterocycles. The predicted molar refractivity (Wildman–Crippen MR) is 78.6 cm³/mol. The van der Waals surface area contributed by atoms with E-state index >= 15 is 0 Å². The van der Waals surface area contributed by atoms with Gasteiger partial charge >= 0.3 is 0 Å². The standard InChI is InChI=1S/C14H16N4O2S/c1-9-13(21-10(2)16-9)14(19)18-7-5-11(8-18)20-12-4-3-6-15-17-12/h3-4,6,11H,5,7-8H2,1-2H3/t11-/m1/s1. The molecule has 1 amide bonds. The molecular weight excluding hydrogens is 288 g/mol. The van der Waals surface area contributed by atoms with Gasteiger partial charge in [-0.2, -0.15) is 5.10 Å². The lowest BCUT2D eigenvalue weighted by molar-refractivity contribution is 0.0774. The highest BCUT2D eigenvalue weighted by Crippen LogP contribution is 2.23. The molecule has 1 saturated heterocycles. The van der Waals surface area contributed by atoms with Crippen molar-refractivity contribution in [3.63, 3.8) is 0 Å². The molecule has 7 heteroatoms. The molecule has 2 aromatic heterocycles. The molecular formula is C14H16N4O2S. The van der Waals surface area contributed by atoms with Gasteiger partial charge in [-0.05, 0) is 19.9 Å². The van der Waals surface area contributed by atoms with E-state index < -0.39 is 0 Å². The summed E-state index contributed by atoms with van der Waals surface area (Å²) in [5.41, 5.74) is 0.806. The van der Waals surface area contributed by atoms with Crippen molar-refractivity contribution in [2.45, 2.75) is 26.4 Å². The lowest BCUT2D eigenvalue weighted by atomic mass is 10.3. The van der Waals surface area contributed by atoms with Crippen molar-refractivity contribution >= 4 is 17.2 Å². The Balaban J connectivity index is 1.64. The highest BCUT2D eigenvalue weighted by molar-refractivity contribution is 7.13. The van der Waals surface area contributed by atoms with Crippen molar-refractivity contribution in [1.82, 2.24) is 20.1 Å². The summed E-state index contributed by atoms with van der Waals surface area (Å²) >= 11 is 1.45. The van der Waals surface area contributed by atoms with E-state index in [9.17, 15) is 4.79 Å². The molecule has 1 fully saturated rings. The molecule has 3 heterocycles. The van der Waals surface area contributed by atoms with Gasteiger partial charge in [0.15, 0.2) is 0 Å². The van der Waals surface area contributed by atoms with Gasteiger partial charge in [-0.25, -0.2) is 4.98 Å². The third kappa shape index (κ3) is 3.02. The first-order chi connectivity index (χ1) is 10.1. The Morgan fingerprint density at radius 1 is 1.48 bits per heavy atom. The first-order valence-electron chi connectivity index (χ1n) is 6.81. The quantitative estimate of drug-likeness (QED) is 0.865. The normalized spacial score (nSPS) is 18.0. The van der Waals surface area contributed by atoms with Crippen LogP contribution in [0.3, 0.4) is 0 Å². The zero-order chi connectivity index (χ0) is 14.8. The number of hydrogen-bond donors (Lipinski definition) is 0. The zero-order valence-electron chi connectivity index (χ0n) is 11.9. The monoisotopic (exact) mass is 304 g/mol. The molecule has 0 saturated carbocycles. The number of carbonyl (C=O) groups is 1. The molecule has 0 aliphatic carbocycles. The van der Waals surface area contributed by atoms with Gasteiger partial charge in [-0.15, -0.1) is 16.4 Å². The third-order valence-corrected chi connectivity index (χ3v) is 4.43. The summed E-state index contributed by atoms with van der Waals surface area (Å²) in [6.07, 6.45) is 2.38. The van der Waals surface area contributed by atoms with Crippen LogP contribution in [0.25, 0.3) is 0 Å². The number of nitrogens with zero attached hydrogens (tertiary/aromatic N) is 4. The third-order valence-electron chi connectivity index (χ3n) is 3.37. The number of ether oxygens (including phenoxy) is 1. The van der Waals surface area contributed by atoms with Gasteiger partial charge in [0.25, 0.3) is 5.91 Å². The van der Waals surface area contributed by atoms with Crippen LogP contribution < -0.4 is 4.74 Å². The van der Waals surface area contributed by atoms with E-state index in [4.69, 9.17) is 4.74 Å². The molecule has 3 rings (SSSR count). The van der Waals surface area contributed by atoms with E-state index in [-0.39, 0.29) is 12.0 Å². The average Bonchev–Trinajstić information content (AvgIpc) is 3.06. The SMILES string of the molecule is Cc1nc(C)c(C(=O)N2CC[C@@H](Oc3cccnn3)C2)s1. The molecule has 0 aromatic carbocycles. The van der Waals surface area contributed by atoms with Gasteiger partial charge in [-0.3, -0.25) is 4.79 Å². The smallest absolute Gasteiger partial charge is 0.265 e. The van der Waals surface area contributed by atoms with Gasteiger partial charge < -0.3 is 9.64 Å². The van der Waals surface area contributed by atoms with E-state index in [1.807, 2.05) is 18.7 Å². The van der Waals surface area contributed by atoms with Crippen LogP contribution in [0, 0.1) is 13.8 Å². The van der Waals surface area contributed by atoms with Crippen molar-refractivity contribution in [2.75, 3.05) is 13.1 Å². The van der Waals surface area contributed by atoms with Gasteiger partial charge in [0.05, 0.1) is 17.2 Å². The van der Waals surface area contributed by atoms with Crippen molar-refractivity contribution in [2.24, 2.45) is 0 Å². The fraction of sp³-hybridized carbons (Fsp3) is 0.429. The molecule has 1 atom stereocenters. The molecule has 2 aromatic rings. The molecule has 0 radical (unpaired) electrons. The molecule has 0 N–H and O–H groups in total. The van der Waals surface area contributed by atoms with Gasteiger partial charge in [0, 0.05) is 25.2 Å². The number of aryl methyl sites for hydroxylation is 2. The second kappa shape index (κ2) is 5.77. The van der Waals surface area contributed by atoms with Crippen LogP contribution in [0.5, 0.6) is 5.88 Å². The maximum atomic E-state index is 12.5. The molecule has 0 unspecified atom stereocenters. The zero-order valence-corrected chi connectivity index (χ0v) is 12.8. The highest BCUT2D eigenvalue weighted by atomic mass is 32.1. The maximum absolute atomic E-state index is 12.5. The van der Waals surface area contributed by atoms with Crippen LogP contribution in [0.2, 0.25) is 0 Å². The maximum Gasteiger partial charge on any atom is 0.265 e. The topological polar surface area (TPSA) is 68.2 Å². The Hall–Kier alpha value is -2.02.